The van der Waals surface area contributed by atoms with Crippen molar-refractivity contribution in [1.29, 1.82) is 0 Å². The standard InChI is InChI=1S/C14H14N2O4S/c1-2-10-3-4-11(14(17)18)9-13(10)21(19,20)16-12-5-7-15-8-6-12/h3-9H,2H2,1H3,(H,15,16)(H,17,18). The number of aromatic carboxylic acids is 1. The molecule has 0 radical (unpaired) electrons. The Labute approximate surface area is 122 Å². The minimum Gasteiger partial charge on any atom is -0.478 e. The maximum atomic E-state index is 12.4. The van der Waals surface area contributed by atoms with Crippen LogP contribution in [0.1, 0.15) is 22.8 Å². The largest absolute Gasteiger partial charge is 0.478 e. The van der Waals surface area contributed by atoms with Crippen LogP contribution in [0, 0.1) is 0 Å². The number of sulfonamides is 1. The molecule has 0 unspecified atom stereocenters. The van der Waals surface area contributed by atoms with E-state index in [1.54, 1.807) is 6.92 Å². The van der Waals surface area contributed by atoms with Crippen molar-refractivity contribution in [3.63, 3.8) is 0 Å². The van der Waals surface area contributed by atoms with Crippen molar-refractivity contribution in [1.82, 2.24) is 4.98 Å². The molecule has 0 saturated heterocycles. The first kappa shape index (κ1) is 15.0. The van der Waals surface area contributed by atoms with Gasteiger partial charge in [-0.15, -0.1) is 0 Å². The molecule has 1 aromatic heterocycles. The molecule has 0 atom stereocenters. The van der Waals surface area contributed by atoms with Gasteiger partial charge in [0.2, 0.25) is 0 Å². The molecule has 2 rings (SSSR count). The molecule has 0 saturated carbocycles. The Morgan fingerprint density at radius 1 is 1.24 bits per heavy atom. The summed E-state index contributed by atoms with van der Waals surface area (Å²) < 4.78 is 27.3. The van der Waals surface area contributed by atoms with Crippen LogP contribution < -0.4 is 4.72 Å². The van der Waals surface area contributed by atoms with Gasteiger partial charge in [-0.25, -0.2) is 13.2 Å². The van der Waals surface area contributed by atoms with Gasteiger partial charge in [0.15, 0.2) is 0 Å². The Bertz CT molecular complexity index is 758. The fourth-order valence-corrected chi connectivity index (χ4v) is 3.26. The third-order valence-corrected chi connectivity index (χ3v) is 4.38. The number of aryl methyl sites for hydroxylation is 1. The van der Waals surface area contributed by atoms with Crippen molar-refractivity contribution in [3.8, 4) is 0 Å². The lowest BCUT2D eigenvalue weighted by molar-refractivity contribution is 0.0696. The summed E-state index contributed by atoms with van der Waals surface area (Å²) in [6.07, 6.45) is 3.41. The molecule has 6 nitrogen and oxygen atoms in total. The first-order chi connectivity index (χ1) is 9.94. The summed E-state index contributed by atoms with van der Waals surface area (Å²) in [5.74, 6) is -1.17. The zero-order valence-corrected chi connectivity index (χ0v) is 12.1. The van der Waals surface area contributed by atoms with Gasteiger partial charge in [-0.1, -0.05) is 13.0 Å². The molecule has 7 heteroatoms. The van der Waals surface area contributed by atoms with Crippen LogP contribution in [0.2, 0.25) is 0 Å². The van der Waals surface area contributed by atoms with Crippen molar-refractivity contribution in [2.45, 2.75) is 18.2 Å². The van der Waals surface area contributed by atoms with Crippen molar-refractivity contribution in [3.05, 3.63) is 53.9 Å². The number of carboxylic acids is 1. The molecule has 2 N–H and O–H groups in total. The smallest absolute Gasteiger partial charge is 0.335 e. The molecule has 0 amide bonds. The predicted molar refractivity (Wildman–Crippen MR) is 77.8 cm³/mol. The normalized spacial score (nSPS) is 11.1. The minimum absolute atomic E-state index is 0.0262. The Morgan fingerprint density at radius 3 is 2.48 bits per heavy atom. The molecule has 21 heavy (non-hydrogen) atoms. The average molecular weight is 306 g/mol. The quantitative estimate of drug-likeness (QED) is 0.882. The molecule has 1 heterocycles. The van der Waals surface area contributed by atoms with Gasteiger partial charge in [0.25, 0.3) is 10.0 Å². The van der Waals surface area contributed by atoms with E-state index in [1.807, 2.05) is 0 Å². The number of rotatable bonds is 5. The summed E-state index contributed by atoms with van der Waals surface area (Å²) >= 11 is 0. The lowest BCUT2D eigenvalue weighted by Crippen LogP contribution is -2.16. The second kappa shape index (κ2) is 5.92. The highest BCUT2D eigenvalue weighted by atomic mass is 32.2. The van der Waals surface area contributed by atoms with Crippen LogP contribution in [0.5, 0.6) is 0 Å². The van der Waals surface area contributed by atoms with E-state index in [4.69, 9.17) is 5.11 Å². The van der Waals surface area contributed by atoms with Gasteiger partial charge >= 0.3 is 5.97 Å². The van der Waals surface area contributed by atoms with Crippen LogP contribution in [-0.2, 0) is 16.4 Å². The summed E-state index contributed by atoms with van der Waals surface area (Å²) in [7, 11) is -3.85. The first-order valence-corrected chi connectivity index (χ1v) is 7.71. The monoisotopic (exact) mass is 306 g/mol. The zero-order chi connectivity index (χ0) is 15.5. The van der Waals surface area contributed by atoms with Crippen molar-refractivity contribution in [2.24, 2.45) is 0 Å². The number of carbonyl (C=O) groups is 1. The molecular formula is C14H14N2O4S. The number of pyridine rings is 1. The lowest BCUT2D eigenvalue weighted by atomic mass is 10.1. The van der Waals surface area contributed by atoms with Crippen molar-refractivity contribution in [2.75, 3.05) is 4.72 Å². The van der Waals surface area contributed by atoms with Crippen LogP contribution in [-0.4, -0.2) is 24.5 Å². The van der Waals surface area contributed by atoms with E-state index in [-0.39, 0.29) is 10.5 Å². The number of nitrogens with one attached hydrogen (secondary N) is 1. The average Bonchev–Trinajstić information content (AvgIpc) is 2.47. The number of hydrogen-bond acceptors (Lipinski definition) is 4. The van der Waals surface area contributed by atoms with Gasteiger partial charge in [0.1, 0.15) is 0 Å². The Hall–Kier alpha value is -2.41. The minimum atomic E-state index is -3.85. The molecule has 2 aromatic rings. The van der Waals surface area contributed by atoms with Gasteiger partial charge in [0, 0.05) is 12.4 Å². The maximum Gasteiger partial charge on any atom is 0.335 e. The second-order valence-corrected chi connectivity index (χ2v) is 5.97. The zero-order valence-electron chi connectivity index (χ0n) is 11.3. The van der Waals surface area contributed by atoms with Crippen LogP contribution >= 0.6 is 0 Å². The topological polar surface area (TPSA) is 96.4 Å². The van der Waals surface area contributed by atoms with Crippen molar-refractivity contribution >= 4 is 21.7 Å². The van der Waals surface area contributed by atoms with Gasteiger partial charge in [-0.3, -0.25) is 9.71 Å². The highest BCUT2D eigenvalue weighted by molar-refractivity contribution is 7.92. The molecule has 1 aromatic carbocycles. The van der Waals surface area contributed by atoms with Crippen LogP contribution in [0.3, 0.4) is 0 Å². The lowest BCUT2D eigenvalue weighted by Gasteiger charge is -2.12. The van der Waals surface area contributed by atoms with E-state index in [1.165, 1.54) is 42.7 Å². The molecule has 0 spiro atoms. The van der Waals surface area contributed by atoms with Gasteiger partial charge in [-0.2, -0.15) is 0 Å². The van der Waals surface area contributed by atoms with E-state index in [2.05, 4.69) is 9.71 Å². The fraction of sp³-hybridized carbons (Fsp3) is 0.143. The number of anilines is 1. The Kier molecular flexibility index (Phi) is 4.23. The molecular weight excluding hydrogens is 292 g/mol. The van der Waals surface area contributed by atoms with Crippen LogP contribution in [0.4, 0.5) is 5.69 Å². The molecule has 0 aliphatic heterocycles. The van der Waals surface area contributed by atoms with E-state index in [9.17, 15) is 13.2 Å². The number of nitrogens with zero attached hydrogens (tertiary/aromatic N) is 1. The third kappa shape index (κ3) is 3.38. The molecule has 0 bridgehead atoms. The van der Waals surface area contributed by atoms with E-state index < -0.39 is 16.0 Å². The molecule has 0 aliphatic carbocycles. The summed E-state index contributed by atoms with van der Waals surface area (Å²) in [6.45, 7) is 1.81. The number of carboxylic acid groups (broad SMARTS) is 1. The SMILES string of the molecule is CCc1ccc(C(=O)O)cc1S(=O)(=O)Nc1ccncc1. The summed E-state index contributed by atoms with van der Waals surface area (Å²) in [4.78, 5) is 14.8. The Morgan fingerprint density at radius 2 is 1.90 bits per heavy atom. The van der Waals surface area contributed by atoms with Gasteiger partial charge in [0.05, 0.1) is 16.1 Å². The van der Waals surface area contributed by atoms with Crippen LogP contribution in [0.15, 0.2) is 47.6 Å². The predicted octanol–water partition coefficient (Wildman–Crippen LogP) is 2.14. The van der Waals surface area contributed by atoms with Crippen molar-refractivity contribution < 1.29 is 18.3 Å². The highest BCUT2D eigenvalue weighted by Crippen LogP contribution is 2.21. The number of hydrogen-bond donors (Lipinski definition) is 2. The second-order valence-electron chi connectivity index (χ2n) is 4.32. The first-order valence-electron chi connectivity index (χ1n) is 6.23. The van der Waals surface area contributed by atoms with Crippen LogP contribution in [0.25, 0.3) is 0 Å². The molecule has 110 valence electrons. The summed E-state index contributed by atoms with van der Waals surface area (Å²) in [5, 5.41) is 9.00. The summed E-state index contributed by atoms with van der Waals surface area (Å²) in [6, 6.07) is 7.12. The van der Waals surface area contributed by atoms with Gasteiger partial charge in [-0.05, 0) is 36.2 Å². The summed E-state index contributed by atoms with van der Waals surface area (Å²) in [5.41, 5.74) is 0.858. The van der Waals surface area contributed by atoms with Gasteiger partial charge < -0.3 is 5.11 Å². The maximum absolute atomic E-state index is 12.4. The number of aromatic nitrogens is 1. The molecule has 0 fully saturated rings. The Balaban J connectivity index is 2.48. The highest BCUT2D eigenvalue weighted by Gasteiger charge is 2.20. The fourth-order valence-electron chi connectivity index (χ4n) is 1.86. The van der Waals surface area contributed by atoms with E-state index in [0.717, 1.165) is 0 Å². The van der Waals surface area contributed by atoms with E-state index in [0.29, 0.717) is 17.7 Å². The number of benzene rings is 1. The van der Waals surface area contributed by atoms with E-state index >= 15 is 0 Å². The molecule has 0 aliphatic rings. The third-order valence-electron chi connectivity index (χ3n) is 2.92.